The Bertz CT molecular complexity index is 568. The zero-order chi connectivity index (χ0) is 14.5. The van der Waals surface area contributed by atoms with E-state index in [2.05, 4.69) is 5.32 Å². The largest absolute Gasteiger partial charge is 0.303 e. The SMILES string of the molecule is CCC(NC(C)c1ccccc1F)c1ccccc1F. The Morgan fingerprint density at radius 2 is 1.40 bits per heavy atom. The molecule has 0 aliphatic rings. The van der Waals surface area contributed by atoms with Crippen LogP contribution in [0.3, 0.4) is 0 Å². The van der Waals surface area contributed by atoms with Gasteiger partial charge in [-0.2, -0.15) is 0 Å². The predicted molar refractivity (Wildman–Crippen MR) is 77.4 cm³/mol. The lowest BCUT2D eigenvalue weighted by atomic mass is 10.0. The van der Waals surface area contributed by atoms with Crippen LogP contribution < -0.4 is 5.32 Å². The zero-order valence-electron chi connectivity index (χ0n) is 11.7. The maximum Gasteiger partial charge on any atom is 0.127 e. The van der Waals surface area contributed by atoms with Crippen LogP contribution in [0.1, 0.15) is 43.5 Å². The lowest BCUT2D eigenvalue weighted by Gasteiger charge is -2.23. The van der Waals surface area contributed by atoms with Crippen molar-refractivity contribution >= 4 is 0 Å². The second-order valence-corrected chi connectivity index (χ2v) is 4.89. The van der Waals surface area contributed by atoms with Crippen molar-refractivity contribution in [3.05, 3.63) is 71.3 Å². The first-order valence-electron chi connectivity index (χ1n) is 6.88. The predicted octanol–water partition coefficient (Wildman–Crippen LogP) is 4.77. The molecule has 1 nitrogen and oxygen atoms in total. The van der Waals surface area contributed by atoms with Crippen molar-refractivity contribution < 1.29 is 8.78 Å². The van der Waals surface area contributed by atoms with Gasteiger partial charge in [-0.25, -0.2) is 8.78 Å². The highest BCUT2D eigenvalue weighted by atomic mass is 19.1. The topological polar surface area (TPSA) is 12.0 Å². The zero-order valence-corrected chi connectivity index (χ0v) is 11.7. The maximum atomic E-state index is 13.8. The van der Waals surface area contributed by atoms with Gasteiger partial charge in [0, 0.05) is 23.2 Å². The average molecular weight is 275 g/mol. The van der Waals surface area contributed by atoms with Gasteiger partial charge in [0.1, 0.15) is 11.6 Å². The van der Waals surface area contributed by atoms with Crippen LogP contribution in [0.5, 0.6) is 0 Å². The summed E-state index contributed by atoms with van der Waals surface area (Å²) in [6.07, 6.45) is 0.736. The lowest BCUT2D eigenvalue weighted by Crippen LogP contribution is -2.25. The van der Waals surface area contributed by atoms with Crippen LogP contribution >= 0.6 is 0 Å². The smallest absolute Gasteiger partial charge is 0.127 e. The summed E-state index contributed by atoms with van der Waals surface area (Å²) in [6.45, 7) is 3.88. The second-order valence-electron chi connectivity index (χ2n) is 4.89. The van der Waals surface area contributed by atoms with E-state index in [-0.39, 0.29) is 23.7 Å². The number of rotatable bonds is 5. The molecule has 2 rings (SSSR count). The summed E-state index contributed by atoms with van der Waals surface area (Å²) in [7, 11) is 0. The number of benzene rings is 2. The number of nitrogens with one attached hydrogen (secondary N) is 1. The Morgan fingerprint density at radius 1 is 0.900 bits per heavy atom. The van der Waals surface area contributed by atoms with E-state index >= 15 is 0 Å². The molecule has 2 aromatic rings. The molecule has 2 aromatic carbocycles. The molecule has 0 bridgehead atoms. The van der Waals surface area contributed by atoms with Gasteiger partial charge in [-0.05, 0) is 25.5 Å². The third kappa shape index (κ3) is 3.23. The van der Waals surface area contributed by atoms with Crippen molar-refractivity contribution in [2.75, 3.05) is 0 Å². The van der Waals surface area contributed by atoms with Crippen molar-refractivity contribution in [3.63, 3.8) is 0 Å². The Labute approximate surface area is 118 Å². The summed E-state index contributed by atoms with van der Waals surface area (Å²) < 4.78 is 27.6. The molecule has 3 heteroatoms. The van der Waals surface area contributed by atoms with E-state index < -0.39 is 0 Å². The molecule has 0 saturated carbocycles. The van der Waals surface area contributed by atoms with E-state index in [1.807, 2.05) is 19.9 Å². The maximum absolute atomic E-state index is 13.8. The minimum absolute atomic E-state index is 0.134. The quantitative estimate of drug-likeness (QED) is 0.829. The van der Waals surface area contributed by atoms with E-state index in [9.17, 15) is 8.78 Å². The first-order valence-corrected chi connectivity index (χ1v) is 6.88. The first kappa shape index (κ1) is 14.7. The number of hydrogen-bond acceptors (Lipinski definition) is 1. The minimum Gasteiger partial charge on any atom is -0.303 e. The van der Waals surface area contributed by atoms with Gasteiger partial charge in [0.25, 0.3) is 0 Å². The van der Waals surface area contributed by atoms with Gasteiger partial charge < -0.3 is 5.32 Å². The van der Waals surface area contributed by atoms with Gasteiger partial charge in [-0.3, -0.25) is 0 Å². The summed E-state index contributed by atoms with van der Waals surface area (Å²) in [5.41, 5.74) is 1.22. The van der Waals surface area contributed by atoms with Gasteiger partial charge in [-0.15, -0.1) is 0 Å². The Balaban J connectivity index is 2.19. The molecule has 0 aliphatic carbocycles. The summed E-state index contributed by atoms with van der Waals surface area (Å²) in [4.78, 5) is 0. The molecule has 0 saturated heterocycles. The monoisotopic (exact) mass is 275 g/mol. The fraction of sp³-hybridized carbons (Fsp3) is 0.294. The highest BCUT2D eigenvalue weighted by Gasteiger charge is 2.18. The van der Waals surface area contributed by atoms with Gasteiger partial charge in [0.05, 0.1) is 0 Å². The molecular weight excluding hydrogens is 256 g/mol. The van der Waals surface area contributed by atoms with E-state index in [1.165, 1.54) is 12.1 Å². The van der Waals surface area contributed by atoms with Crippen molar-refractivity contribution in [3.8, 4) is 0 Å². The van der Waals surface area contributed by atoms with Crippen LogP contribution in [0.2, 0.25) is 0 Å². The Morgan fingerprint density at radius 3 is 1.90 bits per heavy atom. The van der Waals surface area contributed by atoms with Gasteiger partial charge in [0.15, 0.2) is 0 Å². The Kier molecular flexibility index (Phi) is 4.85. The third-order valence-electron chi connectivity index (χ3n) is 3.51. The second kappa shape index (κ2) is 6.62. The highest BCUT2D eigenvalue weighted by Crippen LogP contribution is 2.25. The molecule has 0 fully saturated rings. The molecule has 0 aliphatic heterocycles. The fourth-order valence-corrected chi connectivity index (χ4v) is 2.40. The van der Waals surface area contributed by atoms with Gasteiger partial charge in [0.2, 0.25) is 0 Å². The minimum atomic E-state index is -0.240. The molecule has 2 atom stereocenters. The molecule has 0 spiro atoms. The van der Waals surface area contributed by atoms with E-state index in [0.29, 0.717) is 11.1 Å². The summed E-state index contributed by atoms with van der Waals surface area (Å²) >= 11 is 0. The van der Waals surface area contributed by atoms with Crippen LogP contribution in [0.15, 0.2) is 48.5 Å². The Hall–Kier alpha value is -1.74. The average Bonchev–Trinajstić information content (AvgIpc) is 2.46. The molecule has 106 valence electrons. The molecule has 2 unspecified atom stereocenters. The van der Waals surface area contributed by atoms with Crippen molar-refractivity contribution in [1.82, 2.24) is 5.32 Å². The summed E-state index contributed by atoms with van der Waals surface area (Å²) in [5, 5.41) is 3.30. The molecule has 20 heavy (non-hydrogen) atoms. The van der Waals surface area contributed by atoms with Crippen LogP contribution in [-0.4, -0.2) is 0 Å². The fourth-order valence-electron chi connectivity index (χ4n) is 2.40. The summed E-state index contributed by atoms with van der Waals surface area (Å²) in [5.74, 6) is -0.469. The normalized spacial score (nSPS) is 14.0. The molecular formula is C17H19F2N. The number of hydrogen-bond donors (Lipinski definition) is 1. The highest BCUT2D eigenvalue weighted by molar-refractivity contribution is 5.24. The van der Waals surface area contributed by atoms with E-state index in [0.717, 1.165) is 6.42 Å². The van der Waals surface area contributed by atoms with Gasteiger partial charge in [-0.1, -0.05) is 43.3 Å². The first-order chi connectivity index (χ1) is 9.63. The molecule has 0 heterocycles. The molecule has 1 N–H and O–H groups in total. The standard InChI is InChI=1S/C17H19F2N/c1-3-17(14-9-5-7-11-16(14)19)20-12(2)13-8-4-6-10-15(13)18/h4-12,17,20H,3H2,1-2H3. The van der Waals surface area contributed by atoms with Crippen LogP contribution in [0, 0.1) is 11.6 Å². The third-order valence-corrected chi connectivity index (χ3v) is 3.51. The molecule has 0 radical (unpaired) electrons. The van der Waals surface area contributed by atoms with Crippen LogP contribution in [0.25, 0.3) is 0 Å². The van der Waals surface area contributed by atoms with Crippen molar-refractivity contribution in [2.24, 2.45) is 0 Å². The lowest BCUT2D eigenvalue weighted by molar-refractivity contribution is 0.429. The van der Waals surface area contributed by atoms with Crippen LogP contribution in [-0.2, 0) is 0 Å². The van der Waals surface area contributed by atoms with Crippen molar-refractivity contribution in [1.29, 1.82) is 0 Å². The van der Waals surface area contributed by atoms with E-state index in [1.54, 1.807) is 30.3 Å². The number of halogens is 2. The van der Waals surface area contributed by atoms with Gasteiger partial charge >= 0.3 is 0 Å². The summed E-state index contributed by atoms with van der Waals surface area (Å²) in [6, 6.07) is 13.1. The molecule has 0 amide bonds. The molecule has 0 aromatic heterocycles. The van der Waals surface area contributed by atoms with Crippen LogP contribution in [0.4, 0.5) is 8.78 Å². The van der Waals surface area contributed by atoms with Crippen molar-refractivity contribution in [2.45, 2.75) is 32.4 Å². The van der Waals surface area contributed by atoms with E-state index in [4.69, 9.17) is 0 Å².